The molecule has 2 N–H and O–H groups in total. The summed E-state index contributed by atoms with van der Waals surface area (Å²) in [4.78, 5) is 12.2. The highest BCUT2D eigenvalue weighted by atomic mass is 35.5. The number of benzene rings is 3. The van der Waals surface area contributed by atoms with Crippen LogP contribution in [0.1, 0.15) is 44.2 Å². The highest BCUT2D eigenvalue weighted by Gasteiger charge is 2.34. The van der Waals surface area contributed by atoms with Crippen molar-refractivity contribution in [3.05, 3.63) is 89.0 Å². The summed E-state index contributed by atoms with van der Waals surface area (Å²) in [6.45, 7) is 4.35. The second kappa shape index (κ2) is 15.5. The molecule has 1 saturated heterocycles. The lowest BCUT2D eigenvalue weighted by atomic mass is 10.00. The molecule has 2 atom stereocenters. The molecule has 0 bridgehead atoms. The number of para-hydroxylation sites is 1. The van der Waals surface area contributed by atoms with Gasteiger partial charge in [-0.25, -0.2) is 17.2 Å². The summed E-state index contributed by atoms with van der Waals surface area (Å²) in [6.07, 6.45) is 2.93. The molecule has 0 aliphatic carbocycles. The van der Waals surface area contributed by atoms with E-state index in [1.807, 2.05) is 0 Å². The van der Waals surface area contributed by atoms with Crippen LogP contribution in [0.15, 0.2) is 71.6 Å². The quantitative estimate of drug-likeness (QED) is 0.228. The molecule has 0 spiro atoms. The molecule has 42 heavy (non-hydrogen) atoms. The average molecular weight is 643 g/mol. The van der Waals surface area contributed by atoms with Gasteiger partial charge in [0, 0.05) is 29.6 Å². The lowest BCUT2D eigenvalue weighted by Crippen LogP contribution is -2.38. The Kier molecular flexibility index (Phi) is 12.4. The van der Waals surface area contributed by atoms with Gasteiger partial charge in [-0.2, -0.15) is 0 Å². The van der Waals surface area contributed by atoms with Crippen molar-refractivity contribution in [2.45, 2.75) is 43.5 Å². The molecule has 1 aliphatic rings. The zero-order valence-corrected chi connectivity index (χ0v) is 25.6. The molecule has 0 saturated carbocycles. The van der Waals surface area contributed by atoms with Gasteiger partial charge in [0.2, 0.25) is 5.91 Å². The van der Waals surface area contributed by atoms with Gasteiger partial charge < -0.3 is 15.4 Å². The standard InChI is InChI=1S/C30H34ClF2N3O4S.ClH/c1-21(36(28-18-24(32)12-15-27(28)33)41(38,39)25-13-10-23(31)11-14-25)26-7-2-3-8-29(26)40-17-5-9-30(37)35-20-22-6-4-16-34-19-22;/h2-3,7-8,10-15,18,21-22,34H,4-6,9,16-17,19-20H2,1H3,(H,35,37);1H. The van der Waals surface area contributed by atoms with Crippen molar-refractivity contribution in [2.75, 3.05) is 30.5 Å². The molecule has 0 radical (unpaired) electrons. The van der Waals surface area contributed by atoms with E-state index >= 15 is 4.39 Å². The highest BCUT2D eigenvalue weighted by Crippen LogP contribution is 2.38. The summed E-state index contributed by atoms with van der Waals surface area (Å²) < 4.78 is 63.8. The first kappa shape index (κ1) is 33.6. The zero-order valence-electron chi connectivity index (χ0n) is 23.2. The molecule has 2 unspecified atom stereocenters. The molecular weight excluding hydrogens is 607 g/mol. The summed E-state index contributed by atoms with van der Waals surface area (Å²) in [5, 5.41) is 6.64. The van der Waals surface area contributed by atoms with Crippen molar-refractivity contribution in [1.82, 2.24) is 10.6 Å². The predicted molar refractivity (Wildman–Crippen MR) is 163 cm³/mol. The second-order valence-corrected chi connectivity index (χ2v) is 12.3. The fraction of sp³-hybridized carbons (Fsp3) is 0.367. The van der Waals surface area contributed by atoms with E-state index in [2.05, 4.69) is 10.6 Å². The predicted octanol–water partition coefficient (Wildman–Crippen LogP) is 6.27. The number of sulfonamides is 1. The number of piperidine rings is 1. The number of carbonyl (C=O) groups is 1. The Morgan fingerprint density at radius 3 is 2.60 bits per heavy atom. The molecular formula is C30H35Cl2F2N3O4S. The summed E-state index contributed by atoms with van der Waals surface area (Å²) in [7, 11) is -4.37. The van der Waals surface area contributed by atoms with Gasteiger partial charge in [0.1, 0.15) is 17.4 Å². The monoisotopic (exact) mass is 641 g/mol. The summed E-state index contributed by atoms with van der Waals surface area (Å²) in [5.41, 5.74) is 0.00930. The normalized spacial score (nSPS) is 15.8. The summed E-state index contributed by atoms with van der Waals surface area (Å²) in [5.74, 6) is -0.923. The van der Waals surface area contributed by atoms with Crippen molar-refractivity contribution in [3.63, 3.8) is 0 Å². The van der Waals surface area contributed by atoms with Crippen LogP contribution in [0.2, 0.25) is 5.02 Å². The Balaban J connectivity index is 0.00000484. The van der Waals surface area contributed by atoms with Crippen LogP contribution in [0, 0.1) is 17.6 Å². The van der Waals surface area contributed by atoms with Crippen LogP contribution in [0.5, 0.6) is 5.75 Å². The molecule has 1 aliphatic heterocycles. The van der Waals surface area contributed by atoms with Crippen molar-refractivity contribution in [1.29, 1.82) is 0 Å². The van der Waals surface area contributed by atoms with E-state index in [4.69, 9.17) is 16.3 Å². The number of amides is 1. The number of halogens is 4. The van der Waals surface area contributed by atoms with Gasteiger partial charge in [0.05, 0.1) is 23.2 Å². The van der Waals surface area contributed by atoms with Crippen LogP contribution in [0.4, 0.5) is 14.5 Å². The Bertz CT molecular complexity index is 1440. The lowest BCUT2D eigenvalue weighted by Gasteiger charge is -2.32. The van der Waals surface area contributed by atoms with Gasteiger partial charge in [-0.3, -0.25) is 9.10 Å². The number of anilines is 1. The largest absolute Gasteiger partial charge is 0.493 e. The second-order valence-electron chi connectivity index (χ2n) is 10.0. The smallest absolute Gasteiger partial charge is 0.264 e. The summed E-state index contributed by atoms with van der Waals surface area (Å²) >= 11 is 5.95. The van der Waals surface area contributed by atoms with Crippen molar-refractivity contribution < 1.29 is 26.7 Å². The number of hydrogen-bond acceptors (Lipinski definition) is 5. The van der Waals surface area contributed by atoms with Crippen LogP contribution in [-0.2, 0) is 14.8 Å². The Morgan fingerprint density at radius 2 is 1.88 bits per heavy atom. The van der Waals surface area contributed by atoms with Gasteiger partial charge in [-0.15, -0.1) is 12.4 Å². The number of carbonyl (C=O) groups excluding carboxylic acids is 1. The van der Waals surface area contributed by atoms with Gasteiger partial charge in [0.25, 0.3) is 10.0 Å². The van der Waals surface area contributed by atoms with Gasteiger partial charge in [-0.05, 0) is 87.7 Å². The Morgan fingerprint density at radius 1 is 1.14 bits per heavy atom. The molecule has 0 aromatic heterocycles. The van der Waals surface area contributed by atoms with Crippen LogP contribution >= 0.6 is 24.0 Å². The first-order valence-electron chi connectivity index (χ1n) is 13.6. The van der Waals surface area contributed by atoms with E-state index in [1.165, 1.54) is 24.3 Å². The molecule has 1 amide bonds. The third-order valence-electron chi connectivity index (χ3n) is 7.03. The maximum atomic E-state index is 15.0. The van der Waals surface area contributed by atoms with Crippen LogP contribution in [0.3, 0.4) is 0 Å². The fourth-order valence-corrected chi connectivity index (χ4v) is 6.63. The van der Waals surface area contributed by atoms with Gasteiger partial charge in [0.15, 0.2) is 0 Å². The number of nitrogens with zero attached hydrogens (tertiary/aromatic N) is 1. The topological polar surface area (TPSA) is 87.7 Å². The molecule has 3 aromatic rings. The maximum Gasteiger partial charge on any atom is 0.264 e. The van der Waals surface area contributed by atoms with Crippen molar-refractivity contribution >= 4 is 45.6 Å². The van der Waals surface area contributed by atoms with Crippen LogP contribution < -0.4 is 19.7 Å². The first-order valence-corrected chi connectivity index (χ1v) is 15.4. The van der Waals surface area contributed by atoms with Gasteiger partial charge in [-0.1, -0.05) is 29.8 Å². The van der Waals surface area contributed by atoms with Crippen LogP contribution in [-0.4, -0.2) is 40.6 Å². The molecule has 4 rings (SSSR count). The van der Waals surface area contributed by atoms with E-state index in [0.29, 0.717) is 35.2 Å². The third-order valence-corrected chi connectivity index (χ3v) is 9.18. The van der Waals surface area contributed by atoms with Crippen molar-refractivity contribution in [3.8, 4) is 5.75 Å². The minimum atomic E-state index is -4.37. The molecule has 12 heteroatoms. The molecule has 228 valence electrons. The number of rotatable bonds is 12. The number of nitrogens with one attached hydrogen (secondary N) is 2. The van der Waals surface area contributed by atoms with E-state index < -0.39 is 33.4 Å². The number of ether oxygens (including phenoxy) is 1. The van der Waals surface area contributed by atoms with E-state index in [0.717, 1.165) is 48.4 Å². The Hall–Kier alpha value is -2.92. The third kappa shape index (κ3) is 8.56. The van der Waals surface area contributed by atoms with E-state index in [-0.39, 0.29) is 36.2 Å². The van der Waals surface area contributed by atoms with Crippen LogP contribution in [0.25, 0.3) is 0 Å². The fourth-order valence-electron chi connectivity index (χ4n) is 4.86. The lowest BCUT2D eigenvalue weighted by molar-refractivity contribution is -0.121. The van der Waals surface area contributed by atoms with E-state index in [1.54, 1.807) is 31.2 Å². The minimum Gasteiger partial charge on any atom is -0.493 e. The highest BCUT2D eigenvalue weighted by molar-refractivity contribution is 7.92. The summed E-state index contributed by atoms with van der Waals surface area (Å²) in [6, 6.07) is 13.9. The molecule has 3 aromatic carbocycles. The average Bonchev–Trinajstić information content (AvgIpc) is 2.97. The minimum absolute atomic E-state index is 0. The molecule has 1 heterocycles. The van der Waals surface area contributed by atoms with Gasteiger partial charge >= 0.3 is 0 Å². The SMILES string of the molecule is CC(c1ccccc1OCCCC(=O)NCC1CCCNC1)N(c1cc(F)ccc1F)S(=O)(=O)c1ccc(Cl)cc1.Cl. The number of hydrogen-bond donors (Lipinski definition) is 2. The van der Waals surface area contributed by atoms with Crippen molar-refractivity contribution in [2.24, 2.45) is 5.92 Å². The maximum absolute atomic E-state index is 15.0. The zero-order chi connectivity index (χ0) is 29.4. The molecule has 1 fully saturated rings. The first-order chi connectivity index (χ1) is 19.7. The Labute approximate surface area is 257 Å². The molecule has 7 nitrogen and oxygen atoms in total. The van der Waals surface area contributed by atoms with E-state index in [9.17, 15) is 17.6 Å².